The molecule has 0 aliphatic rings. The lowest BCUT2D eigenvalue weighted by Crippen LogP contribution is -2.27. The predicted octanol–water partition coefficient (Wildman–Crippen LogP) is 2.23. The van der Waals surface area contributed by atoms with Crippen molar-refractivity contribution in [1.29, 1.82) is 0 Å². The van der Waals surface area contributed by atoms with Crippen molar-refractivity contribution >= 4 is 17.3 Å². The maximum Gasteiger partial charge on any atom is 0.314 e. The third-order valence-corrected chi connectivity index (χ3v) is 2.77. The number of nitrogens with one attached hydrogen (secondary N) is 1. The minimum atomic E-state index is -1.51. The Morgan fingerprint density at radius 3 is 2.10 bits per heavy atom. The molecular formula is C14H13N3O3. The smallest absolute Gasteiger partial charge is 0.314 e. The van der Waals surface area contributed by atoms with Crippen molar-refractivity contribution in [2.75, 3.05) is 5.32 Å². The van der Waals surface area contributed by atoms with Gasteiger partial charge in [0.15, 0.2) is 0 Å². The van der Waals surface area contributed by atoms with Crippen molar-refractivity contribution in [1.82, 2.24) is 0 Å². The minimum Gasteiger partial charge on any atom is -0.363 e. The summed E-state index contributed by atoms with van der Waals surface area (Å²) in [6.07, 6.45) is 0. The van der Waals surface area contributed by atoms with Crippen LogP contribution in [0.3, 0.4) is 0 Å². The molecule has 0 heterocycles. The topological polar surface area (TPSA) is 98.3 Å². The molecule has 0 saturated carbocycles. The quantitative estimate of drug-likeness (QED) is 0.643. The lowest BCUT2D eigenvalue weighted by molar-refractivity contribution is -0.513. The number of hydrogen-bond donors (Lipinski definition) is 2. The van der Waals surface area contributed by atoms with Gasteiger partial charge in [-0.25, -0.2) is 0 Å². The van der Waals surface area contributed by atoms with E-state index < -0.39 is 16.9 Å². The van der Waals surface area contributed by atoms with E-state index in [1.54, 1.807) is 12.1 Å². The standard InChI is InChI=1S/C14H13N3O3/c15-14(18)13(17(19)20)10-6-8-12(9-7-10)16-11-4-2-1-3-5-11/h1-9,13,16H,(H2,15,18). The number of amides is 1. The Morgan fingerprint density at radius 2 is 1.60 bits per heavy atom. The highest BCUT2D eigenvalue weighted by molar-refractivity contribution is 5.80. The largest absolute Gasteiger partial charge is 0.363 e. The molecule has 0 aromatic heterocycles. The number of rotatable bonds is 5. The highest BCUT2D eigenvalue weighted by Crippen LogP contribution is 2.21. The van der Waals surface area contributed by atoms with E-state index in [2.05, 4.69) is 5.32 Å². The van der Waals surface area contributed by atoms with Gasteiger partial charge < -0.3 is 11.1 Å². The van der Waals surface area contributed by atoms with Gasteiger partial charge in [-0.2, -0.15) is 0 Å². The lowest BCUT2D eigenvalue weighted by Gasteiger charge is -2.09. The first-order chi connectivity index (χ1) is 9.58. The summed E-state index contributed by atoms with van der Waals surface area (Å²) in [4.78, 5) is 21.2. The van der Waals surface area contributed by atoms with Crippen LogP contribution in [-0.4, -0.2) is 10.8 Å². The van der Waals surface area contributed by atoms with E-state index in [-0.39, 0.29) is 5.56 Å². The number of carbonyl (C=O) groups excluding carboxylic acids is 1. The first kappa shape index (κ1) is 13.5. The molecule has 0 radical (unpaired) electrons. The molecule has 6 heteroatoms. The summed E-state index contributed by atoms with van der Waals surface area (Å²) in [6, 6.07) is 14.4. The highest BCUT2D eigenvalue weighted by atomic mass is 16.6. The fraction of sp³-hybridized carbons (Fsp3) is 0.0714. The molecule has 1 unspecified atom stereocenters. The van der Waals surface area contributed by atoms with Crippen molar-refractivity contribution in [2.24, 2.45) is 5.73 Å². The molecule has 2 aromatic carbocycles. The Balaban J connectivity index is 2.18. The summed E-state index contributed by atoms with van der Waals surface area (Å²) in [5.74, 6) is -0.973. The number of hydrogen-bond acceptors (Lipinski definition) is 4. The average molecular weight is 271 g/mol. The van der Waals surface area contributed by atoms with Crippen LogP contribution in [0.25, 0.3) is 0 Å². The van der Waals surface area contributed by atoms with Crippen molar-refractivity contribution in [2.45, 2.75) is 6.04 Å². The zero-order valence-corrected chi connectivity index (χ0v) is 10.5. The normalized spacial score (nSPS) is 11.6. The number of carbonyl (C=O) groups is 1. The van der Waals surface area contributed by atoms with Gasteiger partial charge in [0.1, 0.15) is 0 Å². The van der Waals surface area contributed by atoms with Gasteiger partial charge in [0.25, 0.3) is 5.91 Å². The molecule has 2 rings (SSSR count). The summed E-state index contributed by atoms with van der Waals surface area (Å²) < 4.78 is 0. The fourth-order valence-electron chi connectivity index (χ4n) is 1.83. The Labute approximate surface area is 115 Å². The third kappa shape index (κ3) is 3.11. The molecule has 0 bridgehead atoms. The van der Waals surface area contributed by atoms with Crippen molar-refractivity contribution < 1.29 is 9.72 Å². The molecule has 2 aromatic rings. The second-order valence-electron chi connectivity index (χ2n) is 4.20. The Kier molecular flexibility index (Phi) is 3.95. The van der Waals surface area contributed by atoms with E-state index in [9.17, 15) is 14.9 Å². The van der Waals surface area contributed by atoms with Gasteiger partial charge in [-0.15, -0.1) is 0 Å². The first-order valence-corrected chi connectivity index (χ1v) is 5.93. The molecule has 6 nitrogen and oxygen atoms in total. The van der Waals surface area contributed by atoms with Gasteiger partial charge in [0, 0.05) is 21.9 Å². The van der Waals surface area contributed by atoms with E-state index in [0.717, 1.165) is 11.4 Å². The Bertz CT molecular complexity index is 597. The maximum absolute atomic E-state index is 11.1. The van der Waals surface area contributed by atoms with E-state index in [1.807, 2.05) is 30.3 Å². The van der Waals surface area contributed by atoms with Gasteiger partial charge in [0.05, 0.1) is 0 Å². The molecule has 1 atom stereocenters. The lowest BCUT2D eigenvalue weighted by atomic mass is 10.1. The number of para-hydroxylation sites is 1. The van der Waals surface area contributed by atoms with E-state index in [1.165, 1.54) is 12.1 Å². The second-order valence-corrected chi connectivity index (χ2v) is 4.20. The maximum atomic E-state index is 11.1. The highest BCUT2D eigenvalue weighted by Gasteiger charge is 2.29. The number of nitrogens with zero attached hydrogens (tertiary/aromatic N) is 1. The summed E-state index contributed by atoms with van der Waals surface area (Å²) in [6.45, 7) is 0. The van der Waals surface area contributed by atoms with Crippen LogP contribution in [0, 0.1) is 10.1 Å². The van der Waals surface area contributed by atoms with Gasteiger partial charge in [-0.1, -0.05) is 18.2 Å². The molecule has 0 fully saturated rings. The number of nitrogens with two attached hydrogens (primary N) is 1. The monoisotopic (exact) mass is 271 g/mol. The van der Waals surface area contributed by atoms with Gasteiger partial charge in [0.2, 0.25) is 0 Å². The number of primary amides is 1. The zero-order valence-electron chi connectivity index (χ0n) is 10.5. The molecule has 102 valence electrons. The average Bonchev–Trinajstić information content (AvgIpc) is 2.41. The summed E-state index contributed by atoms with van der Waals surface area (Å²) in [5.41, 5.74) is 6.97. The third-order valence-electron chi connectivity index (χ3n) is 2.77. The Hall–Kier alpha value is -2.89. The van der Waals surface area contributed by atoms with E-state index >= 15 is 0 Å². The van der Waals surface area contributed by atoms with Gasteiger partial charge in [-0.3, -0.25) is 14.9 Å². The molecule has 20 heavy (non-hydrogen) atoms. The van der Waals surface area contributed by atoms with Crippen LogP contribution in [0.5, 0.6) is 0 Å². The molecule has 0 saturated heterocycles. The van der Waals surface area contributed by atoms with Crippen LogP contribution in [0.15, 0.2) is 54.6 Å². The summed E-state index contributed by atoms with van der Waals surface area (Å²) >= 11 is 0. The number of nitro groups is 1. The van der Waals surface area contributed by atoms with Crippen molar-refractivity contribution in [3.63, 3.8) is 0 Å². The summed E-state index contributed by atoms with van der Waals surface area (Å²) in [7, 11) is 0. The Morgan fingerprint density at radius 1 is 1.05 bits per heavy atom. The van der Waals surface area contributed by atoms with Gasteiger partial charge in [-0.05, 0) is 36.4 Å². The van der Waals surface area contributed by atoms with Crippen LogP contribution < -0.4 is 11.1 Å². The van der Waals surface area contributed by atoms with Crippen molar-refractivity contribution in [3.8, 4) is 0 Å². The minimum absolute atomic E-state index is 0.265. The molecule has 0 spiro atoms. The van der Waals surface area contributed by atoms with Crippen LogP contribution >= 0.6 is 0 Å². The SMILES string of the molecule is NC(=O)C(c1ccc(Nc2ccccc2)cc1)[N+](=O)[O-]. The molecule has 3 N–H and O–H groups in total. The molecular weight excluding hydrogens is 258 g/mol. The van der Waals surface area contributed by atoms with Crippen LogP contribution in [0.2, 0.25) is 0 Å². The molecule has 0 aliphatic carbocycles. The van der Waals surface area contributed by atoms with E-state index in [0.29, 0.717) is 0 Å². The molecule has 1 amide bonds. The van der Waals surface area contributed by atoms with E-state index in [4.69, 9.17) is 5.73 Å². The van der Waals surface area contributed by atoms with Gasteiger partial charge >= 0.3 is 6.04 Å². The van der Waals surface area contributed by atoms with Crippen LogP contribution in [0.4, 0.5) is 11.4 Å². The fourth-order valence-corrected chi connectivity index (χ4v) is 1.83. The van der Waals surface area contributed by atoms with Crippen LogP contribution in [-0.2, 0) is 4.79 Å². The molecule has 0 aliphatic heterocycles. The predicted molar refractivity (Wildman–Crippen MR) is 75.1 cm³/mol. The summed E-state index contributed by atoms with van der Waals surface area (Å²) in [5, 5.41) is 13.9. The number of benzene rings is 2. The van der Waals surface area contributed by atoms with Crippen LogP contribution in [0.1, 0.15) is 11.6 Å². The first-order valence-electron chi connectivity index (χ1n) is 5.93. The number of anilines is 2. The van der Waals surface area contributed by atoms with Crippen molar-refractivity contribution in [3.05, 3.63) is 70.3 Å². The second kappa shape index (κ2) is 5.83. The zero-order chi connectivity index (χ0) is 14.5.